The summed E-state index contributed by atoms with van der Waals surface area (Å²) in [7, 11) is 0. The van der Waals surface area contributed by atoms with Crippen molar-refractivity contribution in [2.75, 3.05) is 6.54 Å². The molecule has 1 heteroatoms. The van der Waals surface area contributed by atoms with Gasteiger partial charge in [-0.25, -0.2) is 0 Å². The Morgan fingerprint density at radius 2 is 1.25 bits per heavy atom. The Morgan fingerprint density at radius 1 is 0.750 bits per heavy atom. The lowest BCUT2D eigenvalue weighted by Crippen LogP contribution is -2.57. The van der Waals surface area contributed by atoms with E-state index in [1.807, 2.05) is 0 Å². The van der Waals surface area contributed by atoms with Crippen molar-refractivity contribution in [2.45, 2.75) is 111 Å². The van der Waals surface area contributed by atoms with Crippen LogP contribution in [0.1, 0.15) is 99.3 Å². The molecule has 6 fully saturated rings. The van der Waals surface area contributed by atoms with Crippen LogP contribution in [0.2, 0.25) is 0 Å². The van der Waals surface area contributed by atoms with Gasteiger partial charge in [0.15, 0.2) is 0 Å². The molecule has 0 N–H and O–H groups in total. The highest BCUT2D eigenvalue weighted by Crippen LogP contribution is 2.67. The molecular formula is C27H47N. The van der Waals surface area contributed by atoms with Crippen molar-refractivity contribution in [3.63, 3.8) is 0 Å². The van der Waals surface area contributed by atoms with E-state index in [4.69, 9.17) is 0 Å². The lowest BCUT2D eigenvalue weighted by atomic mass is 9.44. The molecule has 0 aromatic carbocycles. The zero-order valence-electron chi connectivity index (χ0n) is 19.7. The Hall–Kier alpha value is -0.0400. The first kappa shape index (κ1) is 19.9. The average molecular weight is 386 g/mol. The quantitative estimate of drug-likeness (QED) is 0.505. The zero-order valence-corrected chi connectivity index (χ0v) is 19.7. The number of hydrogen-bond acceptors (Lipinski definition) is 1. The molecule has 0 aromatic rings. The van der Waals surface area contributed by atoms with Gasteiger partial charge in [0.1, 0.15) is 0 Å². The number of nitrogens with zero attached hydrogens (tertiary/aromatic N) is 1. The predicted molar refractivity (Wildman–Crippen MR) is 119 cm³/mol. The topological polar surface area (TPSA) is 3.24 Å². The maximum absolute atomic E-state index is 3.14. The lowest BCUT2D eigenvalue weighted by molar-refractivity contribution is -0.107. The highest BCUT2D eigenvalue weighted by atomic mass is 15.3. The van der Waals surface area contributed by atoms with Gasteiger partial charge < -0.3 is 0 Å². The van der Waals surface area contributed by atoms with Crippen molar-refractivity contribution in [3.05, 3.63) is 0 Å². The third-order valence-corrected chi connectivity index (χ3v) is 10.8. The summed E-state index contributed by atoms with van der Waals surface area (Å²) in [4.78, 5) is 3.14. The highest BCUT2D eigenvalue weighted by Gasteiger charge is 2.64. The molecule has 1 aliphatic heterocycles. The molecule has 0 aromatic heterocycles. The van der Waals surface area contributed by atoms with Gasteiger partial charge >= 0.3 is 0 Å². The third-order valence-electron chi connectivity index (χ3n) is 10.8. The lowest BCUT2D eigenvalue weighted by Gasteiger charge is -2.60. The summed E-state index contributed by atoms with van der Waals surface area (Å²) >= 11 is 0. The number of hydrogen-bond donors (Lipinski definition) is 0. The van der Waals surface area contributed by atoms with Crippen molar-refractivity contribution < 1.29 is 0 Å². The van der Waals surface area contributed by atoms with Crippen LogP contribution in [0.5, 0.6) is 0 Å². The Balaban J connectivity index is 1.49. The summed E-state index contributed by atoms with van der Waals surface area (Å²) < 4.78 is 0. The van der Waals surface area contributed by atoms with E-state index in [9.17, 15) is 0 Å². The summed E-state index contributed by atoms with van der Waals surface area (Å²) in [6.45, 7) is 16.8. The minimum absolute atomic E-state index is 0.400. The minimum atomic E-state index is 0.400. The molecule has 5 saturated carbocycles. The molecule has 28 heavy (non-hydrogen) atoms. The van der Waals surface area contributed by atoms with Crippen LogP contribution in [-0.4, -0.2) is 23.0 Å². The van der Waals surface area contributed by atoms with E-state index in [1.165, 1.54) is 32.2 Å². The van der Waals surface area contributed by atoms with Crippen LogP contribution in [0.15, 0.2) is 0 Å². The molecule has 1 saturated heterocycles. The summed E-state index contributed by atoms with van der Waals surface area (Å²) in [6, 6.07) is 0.834. The predicted octanol–water partition coefficient (Wildman–Crippen LogP) is 7.01. The van der Waals surface area contributed by atoms with E-state index in [-0.39, 0.29) is 0 Å². The summed E-state index contributed by atoms with van der Waals surface area (Å²) in [5, 5.41) is 0. The molecular weight excluding hydrogens is 338 g/mol. The second-order valence-corrected chi connectivity index (χ2v) is 13.4. The fraction of sp³-hybridized carbons (Fsp3) is 1.00. The molecule has 1 nitrogen and oxygen atoms in total. The molecule has 1 heterocycles. The minimum Gasteiger partial charge on any atom is -0.294 e. The van der Waals surface area contributed by atoms with Crippen molar-refractivity contribution >= 4 is 0 Å². The molecule has 2 unspecified atom stereocenters. The van der Waals surface area contributed by atoms with Gasteiger partial charge in [-0.2, -0.15) is 0 Å². The van der Waals surface area contributed by atoms with Crippen LogP contribution >= 0.6 is 0 Å². The van der Waals surface area contributed by atoms with Crippen molar-refractivity contribution in [1.29, 1.82) is 0 Å². The van der Waals surface area contributed by atoms with Crippen LogP contribution in [-0.2, 0) is 0 Å². The van der Waals surface area contributed by atoms with Gasteiger partial charge in [-0.1, -0.05) is 34.1 Å². The Kier molecular flexibility index (Phi) is 4.78. The first-order chi connectivity index (χ1) is 13.2. The van der Waals surface area contributed by atoms with Gasteiger partial charge in [-0.05, 0) is 118 Å². The van der Waals surface area contributed by atoms with Gasteiger partial charge in [0.05, 0.1) is 0 Å². The van der Waals surface area contributed by atoms with Crippen LogP contribution < -0.4 is 0 Å². The van der Waals surface area contributed by atoms with Crippen LogP contribution in [0.3, 0.4) is 0 Å². The highest BCUT2D eigenvalue weighted by molar-refractivity contribution is 5.15. The molecule has 160 valence electrons. The van der Waals surface area contributed by atoms with E-state index in [0.717, 1.165) is 53.4 Å². The van der Waals surface area contributed by atoms with Crippen molar-refractivity contribution in [2.24, 2.45) is 52.8 Å². The summed E-state index contributed by atoms with van der Waals surface area (Å²) in [5.74, 6) is 7.81. The molecule has 6 rings (SSSR count). The second-order valence-electron chi connectivity index (χ2n) is 13.4. The fourth-order valence-corrected chi connectivity index (χ4v) is 9.84. The zero-order chi connectivity index (χ0) is 19.8. The Bertz CT molecular complexity index is 543. The average Bonchev–Trinajstić information content (AvgIpc) is 2.90. The monoisotopic (exact) mass is 385 g/mol. The molecule has 1 spiro atoms. The Morgan fingerprint density at radius 3 is 1.71 bits per heavy atom. The normalized spacial score (nSPS) is 50.4. The molecule has 0 amide bonds. The summed E-state index contributed by atoms with van der Waals surface area (Å²) in [6.07, 6.45) is 13.8. The molecule has 4 bridgehead atoms. The van der Waals surface area contributed by atoms with Gasteiger partial charge in [0.2, 0.25) is 0 Å². The van der Waals surface area contributed by atoms with Crippen LogP contribution in [0.4, 0.5) is 0 Å². The van der Waals surface area contributed by atoms with E-state index < -0.39 is 0 Å². The maximum Gasteiger partial charge on any atom is 0.0162 e. The Labute approximate surface area is 175 Å². The first-order valence-electron chi connectivity index (χ1n) is 13.0. The third kappa shape index (κ3) is 2.88. The van der Waals surface area contributed by atoms with E-state index in [2.05, 4.69) is 46.4 Å². The standard InChI is InChI=1S/C27H47N/c1-17(2)23-8-7-9-24(18(3)4)25(23)28-16-27(15-26(28,5)6)21-11-19-10-20(13-21)14-22(27)12-19/h17-25H,7-16H2,1-6H3. The van der Waals surface area contributed by atoms with Gasteiger partial charge in [0.25, 0.3) is 0 Å². The number of likely N-dealkylation sites (tertiary alicyclic amines) is 1. The van der Waals surface area contributed by atoms with Crippen molar-refractivity contribution in [1.82, 2.24) is 4.90 Å². The second kappa shape index (κ2) is 6.73. The fourth-order valence-electron chi connectivity index (χ4n) is 9.84. The van der Waals surface area contributed by atoms with Gasteiger partial charge in [-0.15, -0.1) is 0 Å². The molecule has 2 atom stereocenters. The van der Waals surface area contributed by atoms with E-state index in [0.29, 0.717) is 11.0 Å². The van der Waals surface area contributed by atoms with Crippen LogP contribution in [0, 0.1) is 52.8 Å². The largest absolute Gasteiger partial charge is 0.294 e. The summed E-state index contributed by atoms with van der Waals surface area (Å²) in [5.41, 5.74) is 1.08. The van der Waals surface area contributed by atoms with Crippen molar-refractivity contribution in [3.8, 4) is 0 Å². The molecule has 6 aliphatic rings. The SMILES string of the molecule is CC(C)C1CCCC(C(C)C)C1N1CC2(CC1(C)C)C1CC3CC(C1)CC2C3. The van der Waals surface area contributed by atoms with E-state index >= 15 is 0 Å². The van der Waals surface area contributed by atoms with Gasteiger partial charge in [0, 0.05) is 18.1 Å². The van der Waals surface area contributed by atoms with Crippen LogP contribution in [0.25, 0.3) is 0 Å². The number of rotatable bonds is 3. The maximum atomic E-state index is 3.14. The molecule has 5 aliphatic carbocycles. The molecule has 0 radical (unpaired) electrons. The van der Waals surface area contributed by atoms with Gasteiger partial charge in [-0.3, -0.25) is 4.90 Å². The smallest absolute Gasteiger partial charge is 0.0162 e. The van der Waals surface area contributed by atoms with E-state index in [1.54, 1.807) is 32.1 Å². The first-order valence-corrected chi connectivity index (χ1v) is 13.0.